The van der Waals surface area contributed by atoms with Gasteiger partial charge in [-0.2, -0.15) is 0 Å². The monoisotopic (exact) mass is 410 g/mol. The number of nitrogens with zero attached hydrogens (tertiary/aromatic N) is 1. The second kappa shape index (κ2) is 11.4. The van der Waals surface area contributed by atoms with Gasteiger partial charge in [0.25, 0.3) is 5.91 Å². The summed E-state index contributed by atoms with van der Waals surface area (Å²) in [5.41, 5.74) is 3.33. The fraction of sp³-hybridized carbons (Fsp3) is 0.440. The predicted octanol–water partition coefficient (Wildman–Crippen LogP) is 4.44. The molecule has 2 rings (SSSR count). The molecule has 30 heavy (non-hydrogen) atoms. The largest absolute Gasteiger partial charge is 0.484 e. The van der Waals surface area contributed by atoms with Crippen LogP contribution in [-0.2, 0) is 16.1 Å². The van der Waals surface area contributed by atoms with Gasteiger partial charge in [-0.25, -0.2) is 0 Å². The molecule has 5 nitrogen and oxygen atoms in total. The number of hydrogen-bond donors (Lipinski definition) is 1. The number of hydrogen-bond acceptors (Lipinski definition) is 3. The number of aryl methyl sites for hydroxylation is 1. The van der Waals surface area contributed by atoms with Gasteiger partial charge in [-0.15, -0.1) is 0 Å². The molecule has 0 spiro atoms. The lowest BCUT2D eigenvalue weighted by Crippen LogP contribution is -2.50. The van der Waals surface area contributed by atoms with E-state index < -0.39 is 6.04 Å². The number of benzene rings is 2. The van der Waals surface area contributed by atoms with Crippen molar-refractivity contribution in [3.8, 4) is 5.75 Å². The Morgan fingerprint density at radius 1 is 1.07 bits per heavy atom. The Morgan fingerprint density at radius 3 is 2.33 bits per heavy atom. The Hall–Kier alpha value is -2.82. The number of carbonyl (C=O) groups is 2. The molecule has 0 aliphatic carbocycles. The van der Waals surface area contributed by atoms with Gasteiger partial charge in [0, 0.05) is 13.1 Å². The second-order valence-corrected chi connectivity index (χ2v) is 7.84. The van der Waals surface area contributed by atoms with E-state index in [4.69, 9.17) is 4.74 Å². The quantitative estimate of drug-likeness (QED) is 0.630. The molecule has 1 atom stereocenters. The van der Waals surface area contributed by atoms with Gasteiger partial charge in [-0.3, -0.25) is 9.59 Å². The van der Waals surface area contributed by atoms with Crippen LogP contribution in [0.15, 0.2) is 48.5 Å². The summed E-state index contributed by atoms with van der Waals surface area (Å²) < 4.78 is 5.76. The third-order valence-corrected chi connectivity index (χ3v) is 5.08. The Balaban J connectivity index is 2.16. The molecule has 2 amide bonds. The van der Waals surface area contributed by atoms with Crippen LogP contribution in [0, 0.1) is 6.92 Å². The average molecular weight is 411 g/mol. The number of ether oxygens (including phenoxy) is 1. The average Bonchev–Trinajstić information content (AvgIpc) is 2.72. The third-order valence-electron chi connectivity index (χ3n) is 5.08. The van der Waals surface area contributed by atoms with Gasteiger partial charge in [0.05, 0.1) is 0 Å². The topological polar surface area (TPSA) is 58.6 Å². The second-order valence-electron chi connectivity index (χ2n) is 7.84. The van der Waals surface area contributed by atoms with Crippen LogP contribution in [0.1, 0.15) is 56.7 Å². The zero-order valence-electron chi connectivity index (χ0n) is 18.8. The fourth-order valence-electron chi connectivity index (χ4n) is 3.40. The zero-order chi connectivity index (χ0) is 22.1. The summed E-state index contributed by atoms with van der Waals surface area (Å²) in [4.78, 5) is 27.3. The highest BCUT2D eigenvalue weighted by Gasteiger charge is 2.28. The Bertz CT molecular complexity index is 831. The lowest BCUT2D eigenvalue weighted by molar-refractivity contribution is -0.142. The van der Waals surface area contributed by atoms with E-state index in [-0.39, 0.29) is 18.4 Å². The van der Waals surface area contributed by atoms with Crippen LogP contribution in [0.2, 0.25) is 0 Å². The molecule has 0 bridgehead atoms. The standard InChI is InChI=1S/C25H34N2O3/c1-6-23(25(29)26-7-2)27(16-20-10-8-9-19(5)15-20)24(28)17-30-22-13-11-21(12-14-22)18(3)4/h8-15,18,23H,6-7,16-17H2,1-5H3,(H,26,29)/t23-/m1/s1. The maximum Gasteiger partial charge on any atom is 0.261 e. The van der Waals surface area contributed by atoms with Crippen LogP contribution >= 0.6 is 0 Å². The first-order valence-corrected chi connectivity index (χ1v) is 10.7. The molecule has 0 aromatic heterocycles. The smallest absolute Gasteiger partial charge is 0.261 e. The molecule has 2 aromatic rings. The van der Waals surface area contributed by atoms with Crippen LogP contribution in [-0.4, -0.2) is 35.9 Å². The van der Waals surface area contributed by atoms with Gasteiger partial charge in [0.2, 0.25) is 5.91 Å². The van der Waals surface area contributed by atoms with Crippen molar-refractivity contribution >= 4 is 11.8 Å². The van der Waals surface area contributed by atoms with E-state index in [9.17, 15) is 9.59 Å². The molecule has 0 saturated heterocycles. The maximum absolute atomic E-state index is 13.1. The molecule has 1 N–H and O–H groups in total. The molecule has 2 aromatic carbocycles. The minimum Gasteiger partial charge on any atom is -0.484 e. The number of rotatable bonds is 10. The third kappa shape index (κ3) is 6.61. The molecule has 0 unspecified atom stereocenters. The van der Waals surface area contributed by atoms with Crippen LogP contribution in [0.25, 0.3) is 0 Å². The summed E-state index contributed by atoms with van der Waals surface area (Å²) >= 11 is 0. The van der Waals surface area contributed by atoms with Crippen LogP contribution in [0.3, 0.4) is 0 Å². The summed E-state index contributed by atoms with van der Waals surface area (Å²) in [6, 6.07) is 15.2. The molecule has 0 aliphatic rings. The predicted molar refractivity (Wildman–Crippen MR) is 121 cm³/mol. The first-order valence-electron chi connectivity index (χ1n) is 10.7. The van der Waals surface area contributed by atoms with Crippen molar-refractivity contribution in [2.24, 2.45) is 0 Å². The first kappa shape index (κ1) is 23.5. The van der Waals surface area contributed by atoms with Gasteiger partial charge in [-0.1, -0.05) is 62.7 Å². The van der Waals surface area contributed by atoms with Crippen LogP contribution in [0.4, 0.5) is 0 Å². The van der Waals surface area contributed by atoms with Crippen LogP contribution < -0.4 is 10.1 Å². The highest BCUT2D eigenvalue weighted by molar-refractivity contribution is 5.88. The molecule has 162 valence electrons. The lowest BCUT2D eigenvalue weighted by Gasteiger charge is -2.30. The molecule has 0 aliphatic heterocycles. The minimum atomic E-state index is -0.537. The Labute approximate surface area is 180 Å². The number of likely N-dealkylation sites (N-methyl/N-ethyl adjacent to an activating group) is 1. The summed E-state index contributed by atoms with van der Waals surface area (Å²) in [6.07, 6.45) is 0.534. The molecular weight excluding hydrogens is 376 g/mol. The first-order chi connectivity index (χ1) is 14.3. The fourth-order valence-corrected chi connectivity index (χ4v) is 3.40. The molecule has 0 radical (unpaired) electrons. The Kier molecular flexibility index (Phi) is 8.90. The highest BCUT2D eigenvalue weighted by Crippen LogP contribution is 2.19. The molecule has 0 fully saturated rings. The summed E-state index contributed by atoms with van der Waals surface area (Å²) in [7, 11) is 0. The van der Waals surface area contributed by atoms with E-state index in [2.05, 4.69) is 19.2 Å². The zero-order valence-corrected chi connectivity index (χ0v) is 18.8. The van der Waals surface area contributed by atoms with Gasteiger partial charge in [0.1, 0.15) is 11.8 Å². The van der Waals surface area contributed by atoms with Crippen molar-refractivity contribution in [1.29, 1.82) is 0 Å². The molecule has 0 heterocycles. The van der Waals surface area contributed by atoms with E-state index in [1.54, 1.807) is 4.90 Å². The van der Waals surface area contributed by atoms with E-state index >= 15 is 0 Å². The van der Waals surface area contributed by atoms with Crippen molar-refractivity contribution in [2.75, 3.05) is 13.2 Å². The van der Waals surface area contributed by atoms with Crippen molar-refractivity contribution < 1.29 is 14.3 Å². The Morgan fingerprint density at radius 2 is 1.77 bits per heavy atom. The van der Waals surface area contributed by atoms with Gasteiger partial charge >= 0.3 is 0 Å². The maximum atomic E-state index is 13.1. The van der Waals surface area contributed by atoms with Gasteiger partial charge in [-0.05, 0) is 49.4 Å². The molecular formula is C25H34N2O3. The lowest BCUT2D eigenvalue weighted by atomic mass is 10.0. The SMILES string of the molecule is CCNC(=O)[C@@H](CC)N(Cc1cccc(C)c1)C(=O)COc1ccc(C(C)C)cc1. The van der Waals surface area contributed by atoms with E-state index in [0.29, 0.717) is 31.2 Å². The molecule has 0 saturated carbocycles. The van der Waals surface area contributed by atoms with Crippen molar-refractivity contribution in [3.63, 3.8) is 0 Å². The summed E-state index contributed by atoms with van der Waals surface area (Å²) in [6.45, 7) is 10.9. The summed E-state index contributed by atoms with van der Waals surface area (Å²) in [5, 5.41) is 2.85. The van der Waals surface area contributed by atoms with Gasteiger partial charge in [0.15, 0.2) is 6.61 Å². The number of carbonyl (C=O) groups excluding carboxylic acids is 2. The van der Waals surface area contributed by atoms with Crippen molar-refractivity contribution in [1.82, 2.24) is 10.2 Å². The van der Waals surface area contributed by atoms with Crippen molar-refractivity contribution in [2.45, 2.75) is 59.5 Å². The normalized spacial score (nSPS) is 11.8. The minimum absolute atomic E-state index is 0.108. The van der Waals surface area contributed by atoms with Crippen LogP contribution in [0.5, 0.6) is 5.75 Å². The number of nitrogens with one attached hydrogen (secondary N) is 1. The van der Waals surface area contributed by atoms with E-state index in [1.165, 1.54) is 5.56 Å². The van der Waals surface area contributed by atoms with Crippen molar-refractivity contribution in [3.05, 3.63) is 65.2 Å². The van der Waals surface area contributed by atoms with E-state index in [1.807, 2.05) is 69.3 Å². The number of amides is 2. The highest BCUT2D eigenvalue weighted by atomic mass is 16.5. The molecule has 5 heteroatoms. The van der Waals surface area contributed by atoms with Gasteiger partial charge < -0.3 is 15.0 Å². The summed E-state index contributed by atoms with van der Waals surface area (Å²) in [5.74, 6) is 0.743. The van der Waals surface area contributed by atoms with E-state index in [0.717, 1.165) is 11.1 Å².